The summed E-state index contributed by atoms with van der Waals surface area (Å²) in [4.78, 5) is 28.8. The number of nitrogens with zero attached hydrogens (tertiary/aromatic N) is 1. The number of thioether (sulfide) groups is 1. The van der Waals surface area contributed by atoms with E-state index in [1.54, 1.807) is 55.1 Å². The van der Waals surface area contributed by atoms with Gasteiger partial charge in [-0.1, -0.05) is 23.7 Å². The number of allylic oxidation sites excluding steroid dienone is 1. The first-order valence-corrected chi connectivity index (χ1v) is 12.2. The molecule has 0 saturated carbocycles. The molecule has 0 aliphatic rings. The van der Waals surface area contributed by atoms with Crippen LogP contribution >= 0.6 is 23.4 Å². The Bertz CT molecular complexity index is 1190. The lowest BCUT2D eigenvalue weighted by Gasteiger charge is -2.23. The van der Waals surface area contributed by atoms with Gasteiger partial charge in [0.25, 0.3) is 5.91 Å². The Morgan fingerprint density at radius 2 is 1.68 bits per heavy atom. The minimum absolute atomic E-state index is 0.0848. The van der Waals surface area contributed by atoms with Crippen LogP contribution in [-0.2, 0) is 4.79 Å². The lowest BCUT2D eigenvalue weighted by atomic mass is 9.99. The molecule has 7 heteroatoms. The molecule has 0 heterocycles. The van der Waals surface area contributed by atoms with Gasteiger partial charge in [0.05, 0.1) is 13.5 Å². The Morgan fingerprint density at radius 3 is 2.29 bits per heavy atom. The molecular formula is C27H27ClN2O3S. The zero-order valence-corrected chi connectivity index (χ0v) is 21.2. The van der Waals surface area contributed by atoms with Crippen LogP contribution in [0.3, 0.4) is 0 Å². The maximum atomic E-state index is 13.1. The fraction of sp³-hybridized carbons (Fsp3) is 0.185. The Labute approximate surface area is 209 Å². The number of benzene rings is 3. The first-order chi connectivity index (χ1) is 16.3. The number of rotatable bonds is 8. The fourth-order valence-corrected chi connectivity index (χ4v) is 3.96. The monoisotopic (exact) mass is 494 g/mol. The number of hydrogen-bond acceptors (Lipinski definition) is 4. The molecule has 0 unspecified atom stereocenters. The van der Waals surface area contributed by atoms with Crippen LogP contribution in [0.4, 0.5) is 5.69 Å². The van der Waals surface area contributed by atoms with E-state index in [1.165, 1.54) is 0 Å². The van der Waals surface area contributed by atoms with E-state index in [2.05, 4.69) is 5.32 Å². The van der Waals surface area contributed by atoms with Crippen molar-refractivity contribution in [2.75, 3.05) is 25.7 Å². The summed E-state index contributed by atoms with van der Waals surface area (Å²) in [6, 6.07) is 21.9. The highest BCUT2D eigenvalue weighted by Gasteiger charge is 2.19. The van der Waals surface area contributed by atoms with Gasteiger partial charge in [0.2, 0.25) is 5.91 Å². The van der Waals surface area contributed by atoms with Gasteiger partial charge in [-0.25, -0.2) is 0 Å². The molecule has 0 aromatic heterocycles. The normalized spacial score (nSPS) is 11.4. The topological polar surface area (TPSA) is 58.6 Å². The summed E-state index contributed by atoms with van der Waals surface area (Å²) in [5, 5.41) is 3.51. The number of hydrogen-bond donors (Lipinski definition) is 1. The Morgan fingerprint density at radius 1 is 1.00 bits per heavy atom. The highest BCUT2D eigenvalue weighted by Crippen LogP contribution is 2.28. The average Bonchev–Trinajstić information content (AvgIpc) is 2.87. The van der Waals surface area contributed by atoms with Crippen LogP contribution in [0.5, 0.6) is 5.75 Å². The smallest absolute Gasteiger partial charge is 0.257 e. The van der Waals surface area contributed by atoms with Crippen molar-refractivity contribution in [1.82, 2.24) is 4.90 Å². The number of carbonyl (C=O) groups excluding carboxylic acids is 2. The molecule has 0 atom stereocenters. The zero-order chi connectivity index (χ0) is 24.7. The summed E-state index contributed by atoms with van der Waals surface area (Å²) in [5.74, 6) is 0.298. The SMILES string of the molecule is COc1cccc(C(CC(=O)Nc2ccc(SC)cc2)=C(C)N(C)C(=O)c2ccc(Cl)cc2)c1. The largest absolute Gasteiger partial charge is 0.497 e. The second kappa shape index (κ2) is 11.8. The molecule has 0 saturated heterocycles. The second-order valence-electron chi connectivity index (χ2n) is 7.62. The van der Waals surface area contributed by atoms with Crippen LogP contribution < -0.4 is 10.1 Å². The summed E-state index contributed by atoms with van der Waals surface area (Å²) in [5.41, 5.74) is 3.43. The van der Waals surface area contributed by atoms with Crippen molar-refractivity contribution in [3.05, 3.63) is 94.6 Å². The van der Waals surface area contributed by atoms with Crippen molar-refractivity contribution < 1.29 is 14.3 Å². The molecule has 0 fully saturated rings. The highest BCUT2D eigenvalue weighted by atomic mass is 35.5. The molecule has 0 aliphatic heterocycles. The number of anilines is 1. The van der Waals surface area contributed by atoms with E-state index in [0.717, 1.165) is 21.7 Å². The number of carbonyl (C=O) groups is 2. The minimum Gasteiger partial charge on any atom is -0.497 e. The third-order valence-electron chi connectivity index (χ3n) is 5.46. The molecular weight excluding hydrogens is 468 g/mol. The number of halogens is 1. The van der Waals surface area contributed by atoms with E-state index in [1.807, 2.05) is 61.7 Å². The van der Waals surface area contributed by atoms with E-state index in [9.17, 15) is 9.59 Å². The maximum absolute atomic E-state index is 13.1. The van der Waals surface area contributed by atoms with Gasteiger partial charge in [0, 0.05) is 33.9 Å². The van der Waals surface area contributed by atoms with Gasteiger partial charge in [0.15, 0.2) is 0 Å². The summed E-state index contributed by atoms with van der Waals surface area (Å²) < 4.78 is 5.38. The second-order valence-corrected chi connectivity index (χ2v) is 8.94. The predicted octanol–water partition coefficient (Wildman–Crippen LogP) is 6.60. The molecule has 34 heavy (non-hydrogen) atoms. The van der Waals surface area contributed by atoms with Crippen molar-refractivity contribution >= 4 is 46.4 Å². The number of ether oxygens (including phenoxy) is 1. The fourth-order valence-electron chi connectivity index (χ4n) is 3.43. The minimum atomic E-state index is -0.192. The van der Waals surface area contributed by atoms with E-state index < -0.39 is 0 Å². The molecule has 0 radical (unpaired) electrons. The van der Waals surface area contributed by atoms with Crippen molar-refractivity contribution in [3.8, 4) is 5.75 Å². The van der Waals surface area contributed by atoms with Crippen molar-refractivity contribution in [2.24, 2.45) is 0 Å². The Balaban J connectivity index is 1.92. The van der Waals surface area contributed by atoms with Gasteiger partial charge < -0.3 is 15.0 Å². The van der Waals surface area contributed by atoms with Crippen LogP contribution in [0.25, 0.3) is 5.57 Å². The molecule has 3 aromatic carbocycles. The van der Waals surface area contributed by atoms with Crippen LogP contribution in [0.1, 0.15) is 29.3 Å². The number of methoxy groups -OCH3 is 1. The Hall–Kier alpha value is -3.22. The number of amides is 2. The van der Waals surface area contributed by atoms with Crippen LogP contribution in [-0.4, -0.2) is 37.1 Å². The maximum Gasteiger partial charge on any atom is 0.257 e. The third kappa shape index (κ3) is 6.43. The van der Waals surface area contributed by atoms with Gasteiger partial charge in [-0.15, -0.1) is 11.8 Å². The lowest BCUT2D eigenvalue weighted by Crippen LogP contribution is -2.26. The number of nitrogens with one attached hydrogen (secondary N) is 1. The van der Waals surface area contributed by atoms with Crippen molar-refractivity contribution in [2.45, 2.75) is 18.2 Å². The summed E-state index contributed by atoms with van der Waals surface area (Å²) in [6.07, 6.45) is 2.09. The van der Waals surface area contributed by atoms with Gasteiger partial charge in [-0.2, -0.15) is 0 Å². The van der Waals surface area contributed by atoms with Crippen molar-refractivity contribution in [1.29, 1.82) is 0 Å². The molecule has 0 bridgehead atoms. The molecule has 1 N–H and O–H groups in total. The molecule has 0 spiro atoms. The first kappa shape index (κ1) is 25.4. The van der Waals surface area contributed by atoms with Crippen LogP contribution in [0.15, 0.2) is 83.4 Å². The van der Waals surface area contributed by atoms with Crippen LogP contribution in [0, 0.1) is 0 Å². The van der Waals surface area contributed by atoms with Gasteiger partial charge >= 0.3 is 0 Å². The van der Waals surface area contributed by atoms with Gasteiger partial charge in [-0.3, -0.25) is 9.59 Å². The van der Waals surface area contributed by atoms with Gasteiger partial charge in [-0.05, 0) is 85.0 Å². The first-order valence-electron chi connectivity index (χ1n) is 10.6. The van der Waals surface area contributed by atoms with Gasteiger partial charge in [0.1, 0.15) is 5.75 Å². The molecule has 5 nitrogen and oxygen atoms in total. The lowest BCUT2D eigenvalue weighted by molar-refractivity contribution is -0.115. The molecule has 2 amide bonds. The summed E-state index contributed by atoms with van der Waals surface area (Å²) in [7, 11) is 3.29. The summed E-state index contributed by atoms with van der Waals surface area (Å²) in [6.45, 7) is 1.84. The van der Waals surface area contributed by atoms with Crippen LogP contribution in [0.2, 0.25) is 5.02 Å². The van der Waals surface area contributed by atoms with E-state index in [0.29, 0.717) is 22.0 Å². The highest BCUT2D eigenvalue weighted by molar-refractivity contribution is 7.98. The third-order valence-corrected chi connectivity index (χ3v) is 6.46. The quantitative estimate of drug-likeness (QED) is 0.358. The van der Waals surface area contributed by atoms with E-state index >= 15 is 0 Å². The Kier molecular flexibility index (Phi) is 8.79. The standard InChI is InChI=1S/C27H27ClN2O3S/c1-18(30(2)27(32)19-8-10-21(28)11-9-19)25(20-6-5-7-23(16-20)33-3)17-26(31)29-22-12-14-24(34-4)15-13-22/h5-16H,17H2,1-4H3,(H,29,31). The average molecular weight is 495 g/mol. The molecule has 176 valence electrons. The molecule has 0 aliphatic carbocycles. The van der Waals surface area contributed by atoms with E-state index in [4.69, 9.17) is 16.3 Å². The van der Waals surface area contributed by atoms with Crippen molar-refractivity contribution in [3.63, 3.8) is 0 Å². The molecule has 3 rings (SSSR count). The predicted molar refractivity (Wildman–Crippen MR) is 141 cm³/mol. The molecule has 3 aromatic rings. The van der Waals surface area contributed by atoms with E-state index in [-0.39, 0.29) is 18.2 Å². The zero-order valence-electron chi connectivity index (χ0n) is 19.6. The summed E-state index contributed by atoms with van der Waals surface area (Å²) >= 11 is 7.61.